The van der Waals surface area contributed by atoms with Crippen molar-refractivity contribution in [3.8, 4) is 0 Å². The molecule has 0 aliphatic carbocycles. The van der Waals surface area contributed by atoms with Gasteiger partial charge in [0.15, 0.2) is 5.79 Å². The number of aryl methyl sites for hydroxylation is 1. The zero-order chi connectivity index (χ0) is 20.8. The monoisotopic (exact) mass is 390 g/mol. The zero-order valence-electron chi connectivity index (χ0n) is 17.8. The van der Waals surface area contributed by atoms with Gasteiger partial charge in [0.2, 0.25) is 0 Å². The van der Waals surface area contributed by atoms with Crippen LogP contribution in [0.4, 0.5) is 0 Å². The standard InChI is InChI=1S/C22H32NO5/c1-16-7-9-17(10-8-16)18(24)26-13-21(6)14-27-22(28-15-21)11-19(2,3)23(25)20(4,5)12-22/h7-10H,11-15H2,1-6H3. The fourth-order valence-corrected chi connectivity index (χ4v) is 4.34. The molecule has 0 bridgehead atoms. The van der Waals surface area contributed by atoms with Gasteiger partial charge in [-0.2, -0.15) is 0 Å². The molecule has 1 spiro atoms. The van der Waals surface area contributed by atoms with Gasteiger partial charge >= 0.3 is 5.97 Å². The molecule has 6 heteroatoms. The van der Waals surface area contributed by atoms with Gasteiger partial charge in [0.1, 0.15) is 6.61 Å². The van der Waals surface area contributed by atoms with Crippen LogP contribution < -0.4 is 0 Å². The lowest BCUT2D eigenvalue weighted by atomic mass is 9.77. The summed E-state index contributed by atoms with van der Waals surface area (Å²) in [4.78, 5) is 12.3. The number of nitrogens with zero attached hydrogens (tertiary/aromatic N) is 1. The second-order valence-corrected chi connectivity index (χ2v) is 10.0. The number of piperidine rings is 1. The Morgan fingerprint density at radius 1 is 1.00 bits per heavy atom. The number of carbonyl (C=O) groups is 1. The highest BCUT2D eigenvalue weighted by atomic mass is 16.7. The molecule has 6 nitrogen and oxygen atoms in total. The van der Waals surface area contributed by atoms with Gasteiger partial charge in [0.25, 0.3) is 0 Å². The number of carbonyl (C=O) groups excluding carboxylic acids is 1. The summed E-state index contributed by atoms with van der Waals surface area (Å²) >= 11 is 0. The van der Waals surface area contributed by atoms with E-state index < -0.39 is 22.3 Å². The van der Waals surface area contributed by atoms with Gasteiger partial charge in [-0.15, -0.1) is 10.3 Å². The Morgan fingerprint density at radius 3 is 2.00 bits per heavy atom. The summed E-state index contributed by atoms with van der Waals surface area (Å²) in [6.07, 6.45) is 1.01. The third kappa shape index (κ3) is 4.25. The zero-order valence-corrected chi connectivity index (χ0v) is 17.8. The lowest BCUT2D eigenvalue weighted by Gasteiger charge is -2.57. The summed E-state index contributed by atoms with van der Waals surface area (Å²) in [7, 11) is 0. The van der Waals surface area contributed by atoms with Crippen LogP contribution in [0.15, 0.2) is 24.3 Å². The quantitative estimate of drug-likeness (QED) is 0.732. The van der Waals surface area contributed by atoms with Crippen LogP contribution >= 0.6 is 0 Å². The molecule has 2 saturated heterocycles. The van der Waals surface area contributed by atoms with Gasteiger partial charge < -0.3 is 14.2 Å². The van der Waals surface area contributed by atoms with Crippen molar-refractivity contribution in [1.29, 1.82) is 0 Å². The van der Waals surface area contributed by atoms with Crippen molar-refractivity contribution in [2.75, 3.05) is 19.8 Å². The summed E-state index contributed by atoms with van der Waals surface area (Å²) in [6.45, 7) is 12.7. The second kappa shape index (κ2) is 7.10. The lowest BCUT2D eigenvalue weighted by Crippen LogP contribution is -2.67. The topological polar surface area (TPSA) is 67.9 Å². The Bertz CT molecular complexity index is 697. The molecular formula is C22H32NO5. The number of ether oxygens (including phenoxy) is 3. The minimum Gasteiger partial charge on any atom is -0.461 e. The second-order valence-electron chi connectivity index (χ2n) is 10.0. The van der Waals surface area contributed by atoms with E-state index in [0.717, 1.165) is 10.6 Å². The van der Waals surface area contributed by atoms with E-state index in [9.17, 15) is 10.0 Å². The predicted octanol–water partition coefficient (Wildman–Crippen LogP) is 3.90. The SMILES string of the molecule is Cc1ccc(C(=O)OCC2(C)COC3(CC(C)(C)N([O])C(C)(C)C3)OC2)cc1. The molecule has 1 aromatic rings. The number of hydrogen-bond acceptors (Lipinski definition) is 5. The van der Waals surface area contributed by atoms with E-state index in [1.807, 2.05) is 53.7 Å². The third-order valence-corrected chi connectivity index (χ3v) is 5.71. The van der Waals surface area contributed by atoms with E-state index in [0.29, 0.717) is 31.6 Å². The minimum atomic E-state index is -0.769. The van der Waals surface area contributed by atoms with Crippen molar-refractivity contribution in [1.82, 2.24) is 5.06 Å². The Balaban J connectivity index is 1.61. The molecule has 1 radical (unpaired) electrons. The van der Waals surface area contributed by atoms with Gasteiger partial charge in [0, 0.05) is 29.3 Å². The fraction of sp³-hybridized carbons (Fsp3) is 0.682. The molecule has 3 rings (SSSR count). The normalized spacial score (nSPS) is 25.4. The highest BCUT2D eigenvalue weighted by molar-refractivity contribution is 5.89. The molecule has 2 aliphatic rings. The molecular weight excluding hydrogens is 358 g/mol. The van der Waals surface area contributed by atoms with Crippen molar-refractivity contribution < 1.29 is 24.2 Å². The lowest BCUT2D eigenvalue weighted by molar-refractivity contribution is -0.386. The van der Waals surface area contributed by atoms with Crippen molar-refractivity contribution >= 4 is 5.97 Å². The first-order valence-corrected chi connectivity index (χ1v) is 9.86. The van der Waals surface area contributed by atoms with Gasteiger partial charge in [-0.05, 0) is 46.8 Å². The summed E-state index contributed by atoms with van der Waals surface area (Å²) in [5, 5.41) is 13.8. The van der Waals surface area contributed by atoms with E-state index in [4.69, 9.17) is 14.2 Å². The summed E-state index contributed by atoms with van der Waals surface area (Å²) in [6, 6.07) is 7.31. The molecule has 0 unspecified atom stereocenters. The van der Waals surface area contributed by atoms with Crippen molar-refractivity contribution in [3.05, 3.63) is 35.4 Å². The number of benzene rings is 1. The molecule has 0 saturated carbocycles. The van der Waals surface area contributed by atoms with Crippen LogP contribution in [0.5, 0.6) is 0 Å². The van der Waals surface area contributed by atoms with Gasteiger partial charge in [-0.3, -0.25) is 0 Å². The molecule has 0 N–H and O–H groups in total. The number of hydroxylamine groups is 2. The Hall–Kier alpha value is -1.47. The first-order chi connectivity index (χ1) is 12.9. The smallest absolute Gasteiger partial charge is 0.338 e. The predicted molar refractivity (Wildman–Crippen MR) is 104 cm³/mol. The highest BCUT2D eigenvalue weighted by Gasteiger charge is 2.57. The van der Waals surface area contributed by atoms with E-state index >= 15 is 0 Å². The number of hydrogen-bond donors (Lipinski definition) is 0. The van der Waals surface area contributed by atoms with E-state index in [2.05, 4.69) is 0 Å². The molecule has 0 amide bonds. The molecule has 0 atom stereocenters. The summed E-state index contributed by atoms with van der Waals surface area (Å²) < 4.78 is 18.0. The third-order valence-electron chi connectivity index (χ3n) is 5.71. The van der Waals surface area contributed by atoms with Crippen LogP contribution in [0.3, 0.4) is 0 Å². The number of esters is 1. The number of rotatable bonds is 3. The average molecular weight is 391 g/mol. The van der Waals surface area contributed by atoms with E-state index in [-0.39, 0.29) is 12.6 Å². The molecule has 0 aromatic heterocycles. The summed E-state index contributed by atoms with van der Waals surface area (Å²) in [5.41, 5.74) is 0.0578. The Labute approximate surface area is 167 Å². The van der Waals surface area contributed by atoms with Gasteiger partial charge in [0.05, 0.1) is 18.8 Å². The molecule has 2 fully saturated rings. The van der Waals surface area contributed by atoms with E-state index in [1.165, 1.54) is 0 Å². The first kappa shape index (κ1) is 21.2. The molecule has 28 heavy (non-hydrogen) atoms. The van der Waals surface area contributed by atoms with Crippen LogP contribution in [0.1, 0.15) is 63.4 Å². The van der Waals surface area contributed by atoms with Crippen LogP contribution in [0, 0.1) is 12.3 Å². The average Bonchev–Trinajstić information content (AvgIpc) is 2.61. The molecule has 155 valence electrons. The maximum atomic E-state index is 12.6. The largest absolute Gasteiger partial charge is 0.461 e. The first-order valence-electron chi connectivity index (χ1n) is 9.86. The van der Waals surface area contributed by atoms with Crippen molar-refractivity contribution in [2.45, 2.75) is 71.2 Å². The van der Waals surface area contributed by atoms with Crippen LogP contribution in [0.2, 0.25) is 0 Å². The minimum absolute atomic E-state index is 0.219. The Morgan fingerprint density at radius 2 is 1.50 bits per heavy atom. The van der Waals surface area contributed by atoms with Crippen LogP contribution in [-0.2, 0) is 19.4 Å². The van der Waals surface area contributed by atoms with Crippen LogP contribution in [-0.4, -0.2) is 47.7 Å². The maximum absolute atomic E-state index is 12.6. The van der Waals surface area contributed by atoms with E-state index in [1.54, 1.807) is 12.1 Å². The highest BCUT2D eigenvalue weighted by Crippen LogP contribution is 2.47. The van der Waals surface area contributed by atoms with Gasteiger partial charge in [-0.1, -0.05) is 24.6 Å². The van der Waals surface area contributed by atoms with Crippen molar-refractivity contribution in [3.63, 3.8) is 0 Å². The van der Waals surface area contributed by atoms with Gasteiger partial charge in [-0.25, -0.2) is 4.79 Å². The molecule has 2 aliphatic heterocycles. The fourth-order valence-electron chi connectivity index (χ4n) is 4.34. The molecule has 2 heterocycles. The maximum Gasteiger partial charge on any atom is 0.338 e. The molecule has 1 aromatic carbocycles. The van der Waals surface area contributed by atoms with Crippen molar-refractivity contribution in [2.24, 2.45) is 5.41 Å². The summed E-state index contributed by atoms with van der Waals surface area (Å²) in [5.74, 6) is -1.11. The Kier molecular flexibility index (Phi) is 5.38. The van der Waals surface area contributed by atoms with Crippen LogP contribution in [0.25, 0.3) is 0 Å².